The van der Waals surface area contributed by atoms with E-state index in [1.165, 1.54) is 16.6 Å². The molecule has 0 aliphatic carbocycles. The van der Waals surface area contributed by atoms with Gasteiger partial charge in [-0.15, -0.1) is 0 Å². The summed E-state index contributed by atoms with van der Waals surface area (Å²) in [4.78, 5) is 11.8. The Bertz CT molecular complexity index is 941. The molecule has 124 valence electrons. The van der Waals surface area contributed by atoms with Crippen molar-refractivity contribution in [3.8, 4) is 11.3 Å². The summed E-state index contributed by atoms with van der Waals surface area (Å²) < 4.78 is 14.7. The molecule has 0 spiro atoms. The maximum Gasteiger partial charge on any atom is 0.154 e. The van der Waals surface area contributed by atoms with Gasteiger partial charge in [-0.25, -0.2) is 8.91 Å². The Labute approximate surface area is 149 Å². The summed E-state index contributed by atoms with van der Waals surface area (Å²) in [7, 11) is 0. The quantitative estimate of drug-likeness (QED) is 0.440. The van der Waals surface area contributed by atoms with Gasteiger partial charge in [0.2, 0.25) is 0 Å². The number of carbonyl (C=O) groups excluding carboxylic acids is 1. The number of rotatable bonds is 2. The van der Waals surface area contributed by atoms with E-state index in [1.54, 1.807) is 18.2 Å². The van der Waals surface area contributed by atoms with Crippen molar-refractivity contribution in [2.75, 3.05) is 0 Å². The number of fused-ring (bicyclic) bond motifs is 1. The van der Waals surface area contributed by atoms with E-state index >= 15 is 0 Å². The number of aldehydes is 1. The molecule has 0 aliphatic rings. The molecule has 0 fully saturated rings. The highest BCUT2D eigenvalue weighted by molar-refractivity contribution is 6.35. The molecule has 24 heavy (non-hydrogen) atoms. The van der Waals surface area contributed by atoms with Gasteiger partial charge in [0, 0.05) is 16.1 Å². The van der Waals surface area contributed by atoms with Crippen LogP contribution in [0, 0.1) is 5.82 Å². The molecule has 0 aliphatic heterocycles. The SMILES string of the molecule is CC(C)(C)c1c(Cl)cc(Cl)n2nc(-c3ccc(F)cc3)c(C=O)c12. The Morgan fingerprint density at radius 3 is 2.33 bits per heavy atom. The zero-order valence-corrected chi connectivity index (χ0v) is 14.9. The topological polar surface area (TPSA) is 34.4 Å². The number of benzene rings is 1. The molecule has 2 aromatic heterocycles. The summed E-state index contributed by atoms with van der Waals surface area (Å²) in [5.41, 5.74) is 2.51. The van der Waals surface area contributed by atoms with Crippen LogP contribution >= 0.6 is 23.2 Å². The first kappa shape index (κ1) is 16.9. The van der Waals surface area contributed by atoms with Gasteiger partial charge in [-0.1, -0.05) is 44.0 Å². The fourth-order valence-corrected chi connectivity index (χ4v) is 3.59. The molecule has 3 rings (SSSR count). The Balaban J connectivity index is 2.45. The molecule has 0 amide bonds. The normalized spacial score (nSPS) is 11.9. The second-order valence-corrected chi connectivity index (χ2v) is 7.38. The van der Waals surface area contributed by atoms with Gasteiger partial charge in [0.25, 0.3) is 0 Å². The minimum absolute atomic E-state index is 0.305. The number of hydrogen-bond donors (Lipinski definition) is 0. The van der Waals surface area contributed by atoms with Crippen LogP contribution in [0.1, 0.15) is 36.7 Å². The van der Waals surface area contributed by atoms with Crippen molar-refractivity contribution in [1.82, 2.24) is 9.61 Å². The first-order chi connectivity index (χ1) is 11.2. The number of aromatic nitrogens is 2. The monoisotopic (exact) mass is 364 g/mol. The predicted molar refractivity (Wildman–Crippen MR) is 94.7 cm³/mol. The fourth-order valence-electron chi connectivity index (χ4n) is 2.82. The summed E-state index contributed by atoms with van der Waals surface area (Å²) in [6, 6.07) is 7.43. The van der Waals surface area contributed by atoms with Gasteiger partial charge in [-0.05, 0) is 35.7 Å². The van der Waals surface area contributed by atoms with Crippen LogP contribution in [0.25, 0.3) is 16.8 Å². The summed E-state index contributed by atoms with van der Waals surface area (Å²) >= 11 is 12.7. The molecular formula is C18H15Cl2FN2O. The van der Waals surface area contributed by atoms with Gasteiger partial charge in [-0.2, -0.15) is 5.10 Å². The van der Waals surface area contributed by atoms with Crippen LogP contribution in [-0.2, 0) is 5.41 Å². The minimum atomic E-state index is -0.355. The van der Waals surface area contributed by atoms with Gasteiger partial charge in [0.05, 0.1) is 11.1 Å². The maximum atomic E-state index is 13.2. The summed E-state index contributed by atoms with van der Waals surface area (Å²) in [5.74, 6) is -0.355. The Kier molecular flexibility index (Phi) is 4.14. The minimum Gasteiger partial charge on any atom is -0.298 e. The molecule has 0 saturated carbocycles. The van der Waals surface area contributed by atoms with E-state index in [1.807, 2.05) is 20.8 Å². The first-order valence-electron chi connectivity index (χ1n) is 7.36. The average molecular weight is 365 g/mol. The summed E-state index contributed by atoms with van der Waals surface area (Å²) in [5, 5.41) is 5.26. The second-order valence-electron chi connectivity index (χ2n) is 6.59. The zero-order chi connectivity index (χ0) is 17.6. The standard InChI is InChI=1S/C18H15Cl2FN2O/c1-18(2,3)15-13(19)8-14(20)23-17(15)12(9-24)16(22-23)10-4-6-11(21)7-5-10/h4-9H,1-3H3. The molecule has 3 nitrogen and oxygen atoms in total. The van der Waals surface area contributed by atoms with Crippen molar-refractivity contribution in [3.63, 3.8) is 0 Å². The zero-order valence-electron chi connectivity index (χ0n) is 13.4. The number of halogens is 3. The molecule has 0 N–H and O–H groups in total. The van der Waals surface area contributed by atoms with Crippen LogP contribution in [0.5, 0.6) is 0 Å². The van der Waals surface area contributed by atoms with E-state index in [4.69, 9.17) is 23.2 Å². The van der Waals surface area contributed by atoms with Gasteiger partial charge in [0.1, 0.15) is 16.7 Å². The van der Waals surface area contributed by atoms with Crippen molar-refractivity contribution in [2.45, 2.75) is 26.2 Å². The first-order valence-corrected chi connectivity index (χ1v) is 8.12. The highest BCUT2D eigenvalue weighted by atomic mass is 35.5. The van der Waals surface area contributed by atoms with E-state index in [-0.39, 0.29) is 11.2 Å². The van der Waals surface area contributed by atoms with Crippen LogP contribution in [0.2, 0.25) is 10.2 Å². The molecule has 0 bridgehead atoms. The van der Waals surface area contributed by atoms with Crippen LogP contribution in [0.3, 0.4) is 0 Å². The van der Waals surface area contributed by atoms with Crippen molar-refractivity contribution in [1.29, 1.82) is 0 Å². The highest BCUT2D eigenvalue weighted by Crippen LogP contribution is 2.39. The highest BCUT2D eigenvalue weighted by Gasteiger charge is 2.27. The van der Waals surface area contributed by atoms with E-state index in [0.717, 1.165) is 11.8 Å². The molecule has 6 heteroatoms. The van der Waals surface area contributed by atoms with Crippen molar-refractivity contribution >= 4 is 35.0 Å². The van der Waals surface area contributed by atoms with Crippen molar-refractivity contribution < 1.29 is 9.18 Å². The smallest absolute Gasteiger partial charge is 0.154 e. The van der Waals surface area contributed by atoms with Gasteiger partial charge >= 0.3 is 0 Å². The lowest BCUT2D eigenvalue weighted by atomic mass is 9.85. The lowest BCUT2D eigenvalue weighted by Gasteiger charge is -2.22. The Morgan fingerprint density at radius 1 is 1.17 bits per heavy atom. The lowest BCUT2D eigenvalue weighted by molar-refractivity contribution is 0.112. The third-order valence-electron chi connectivity index (χ3n) is 3.83. The van der Waals surface area contributed by atoms with Gasteiger partial charge in [0.15, 0.2) is 6.29 Å². The van der Waals surface area contributed by atoms with Crippen LogP contribution in [-0.4, -0.2) is 15.9 Å². The van der Waals surface area contributed by atoms with Crippen LogP contribution in [0.15, 0.2) is 30.3 Å². The number of pyridine rings is 1. The third kappa shape index (κ3) is 2.70. The summed E-state index contributed by atoms with van der Waals surface area (Å²) in [6.07, 6.45) is 0.739. The van der Waals surface area contributed by atoms with Gasteiger partial charge in [-0.3, -0.25) is 4.79 Å². The van der Waals surface area contributed by atoms with E-state index < -0.39 is 0 Å². The molecule has 0 unspecified atom stereocenters. The lowest BCUT2D eigenvalue weighted by Crippen LogP contribution is -2.14. The number of hydrogen-bond acceptors (Lipinski definition) is 2. The molecule has 2 heterocycles. The third-order valence-corrected chi connectivity index (χ3v) is 4.40. The van der Waals surface area contributed by atoms with E-state index in [0.29, 0.717) is 32.5 Å². The second kappa shape index (κ2) is 5.87. The molecule has 0 saturated heterocycles. The Morgan fingerprint density at radius 2 is 1.79 bits per heavy atom. The number of carbonyl (C=O) groups is 1. The maximum absolute atomic E-state index is 13.2. The summed E-state index contributed by atoms with van der Waals surface area (Å²) in [6.45, 7) is 6.00. The molecule has 0 atom stereocenters. The molecular weight excluding hydrogens is 350 g/mol. The largest absolute Gasteiger partial charge is 0.298 e. The predicted octanol–water partition coefficient (Wildman–Crippen LogP) is 5.56. The van der Waals surface area contributed by atoms with Crippen LogP contribution < -0.4 is 0 Å². The molecule has 3 aromatic rings. The molecule has 0 radical (unpaired) electrons. The van der Waals surface area contributed by atoms with Crippen molar-refractivity contribution in [2.24, 2.45) is 0 Å². The van der Waals surface area contributed by atoms with E-state index in [9.17, 15) is 9.18 Å². The Hall–Kier alpha value is -1.91. The van der Waals surface area contributed by atoms with Gasteiger partial charge < -0.3 is 0 Å². The number of nitrogens with zero attached hydrogens (tertiary/aromatic N) is 2. The van der Waals surface area contributed by atoms with Crippen LogP contribution in [0.4, 0.5) is 4.39 Å². The fraction of sp³-hybridized carbons (Fsp3) is 0.222. The molecule has 1 aromatic carbocycles. The average Bonchev–Trinajstić information content (AvgIpc) is 2.86. The van der Waals surface area contributed by atoms with E-state index in [2.05, 4.69) is 5.10 Å². The van der Waals surface area contributed by atoms with Crippen molar-refractivity contribution in [3.05, 3.63) is 57.5 Å².